The van der Waals surface area contributed by atoms with E-state index in [0.717, 1.165) is 0 Å². The maximum Gasteiger partial charge on any atom is 0.298 e. The summed E-state index contributed by atoms with van der Waals surface area (Å²) in [7, 11) is 0. The molecule has 5 heteroatoms. The van der Waals surface area contributed by atoms with Crippen LogP contribution in [0.3, 0.4) is 0 Å². The van der Waals surface area contributed by atoms with E-state index in [1.165, 1.54) is 10.4 Å². The summed E-state index contributed by atoms with van der Waals surface area (Å²) in [5.41, 5.74) is 2.29. The molecule has 0 aliphatic heterocycles. The van der Waals surface area contributed by atoms with Gasteiger partial charge in [-0.05, 0) is 40.4 Å². The first-order valence-electron chi connectivity index (χ1n) is 8.14. The number of carbonyl (C=O) groups excluding carboxylic acids is 2. The van der Waals surface area contributed by atoms with Crippen LogP contribution in [0.4, 0.5) is 0 Å². The third-order valence-corrected chi connectivity index (χ3v) is 5.27. The van der Waals surface area contributed by atoms with Crippen molar-refractivity contribution >= 4 is 34.9 Å². The topological polar surface area (TPSA) is 43.4 Å². The Kier molecular flexibility index (Phi) is 6.68. The van der Waals surface area contributed by atoms with Crippen LogP contribution in [0.2, 0.25) is 0 Å². The van der Waals surface area contributed by atoms with Crippen molar-refractivity contribution in [2.24, 2.45) is 0 Å². The van der Waals surface area contributed by atoms with Gasteiger partial charge in [0.2, 0.25) is 0 Å². The Morgan fingerprint density at radius 3 is 2.30 bits per heavy atom. The van der Waals surface area contributed by atoms with Crippen molar-refractivity contribution in [2.75, 3.05) is 0 Å². The first kappa shape index (κ1) is 18.8. The average molecular weight is 393 g/mol. The molecule has 0 radical (unpaired) electrons. The lowest BCUT2D eigenvalue weighted by Crippen LogP contribution is -2.04. The van der Waals surface area contributed by atoms with Gasteiger partial charge in [-0.15, -0.1) is 11.3 Å². The Bertz CT molecular complexity index is 943. The number of benzene rings is 2. The quantitative estimate of drug-likeness (QED) is 0.312. The second-order valence-electron chi connectivity index (χ2n) is 5.39. The molecule has 0 aliphatic carbocycles. The second kappa shape index (κ2) is 9.62. The molecule has 2 aromatic heterocycles. The Balaban J connectivity index is 0.000000177. The van der Waals surface area contributed by atoms with Gasteiger partial charge < -0.3 is 4.74 Å². The lowest BCUT2D eigenvalue weighted by molar-refractivity contribution is -0.120. The molecule has 0 fully saturated rings. The maximum absolute atomic E-state index is 12.1. The first-order valence-corrected chi connectivity index (χ1v) is 9.97. The average Bonchev–Trinajstić information content (AvgIpc) is 3.43. The summed E-state index contributed by atoms with van der Waals surface area (Å²) in [5, 5.41) is 6.38. The van der Waals surface area contributed by atoms with Crippen LogP contribution in [-0.4, -0.2) is 12.3 Å². The van der Waals surface area contributed by atoms with E-state index in [0.29, 0.717) is 17.6 Å². The van der Waals surface area contributed by atoms with Crippen LogP contribution in [0.1, 0.15) is 15.9 Å². The van der Waals surface area contributed by atoms with E-state index in [-0.39, 0.29) is 11.5 Å². The van der Waals surface area contributed by atoms with Gasteiger partial charge in [0.25, 0.3) is 6.47 Å². The summed E-state index contributed by atoms with van der Waals surface area (Å²) in [6, 6.07) is 21.9. The van der Waals surface area contributed by atoms with Crippen molar-refractivity contribution in [3.8, 4) is 16.2 Å². The van der Waals surface area contributed by atoms with E-state index in [1.54, 1.807) is 71.2 Å². The molecule has 0 amide bonds. The minimum absolute atomic E-state index is 0.164. The molecule has 0 atom stereocenters. The number of rotatable bonds is 5. The van der Waals surface area contributed by atoms with E-state index in [1.807, 2.05) is 6.07 Å². The summed E-state index contributed by atoms with van der Waals surface area (Å²) in [4.78, 5) is 23.9. The van der Waals surface area contributed by atoms with Gasteiger partial charge in [0.1, 0.15) is 5.75 Å². The summed E-state index contributed by atoms with van der Waals surface area (Å²) in [6.07, 6.45) is 0. The summed E-state index contributed by atoms with van der Waals surface area (Å²) in [6.45, 7) is 0.317. The largest absolute Gasteiger partial charge is 0.428 e. The molecule has 0 bridgehead atoms. The molecule has 2 heterocycles. The monoisotopic (exact) mass is 392 g/mol. The number of hydrogen-bond donors (Lipinski definition) is 0. The molecular formula is C22H16O3S2. The summed E-state index contributed by atoms with van der Waals surface area (Å²) < 4.78 is 4.78. The van der Waals surface area contributed by atoms with Crippen LogP contribution in [-0.2, 0) is 4.79 Å². The van der Waals surface area contributed by atoms with Crippen LogP contribution in [0.5, 0.6) is 5.75 Å². The highest BCUT2D eigenvalue weighted by Gasteiger charge is 2.13. The van der Waals surface area contributed by atoms with Gasteiger partial charge in [-0.3, -0.25) is 9.59 Å². The highest BCUT2D eigenvalue weighted by Crippen LogP contribution is 2.26. The molecule has 0 spiro atoms. The molecule has 0 aliphatic rings. The molecule has 0 unspecified atom stereocenters. The van der Waals surface area contributed by atoms with Gasteiger partial charge in [-0.25, -0.2) is 0 Å². The van der Waals surface area contributed by atoms with E-state index in [9.17, 15) is 9.59 Å². The highest BCUT2D eigenvalue weighted by atomic mass is 32.1. The van der Waals surface area contributed by atoms with Crippen LogP contribution >= 0.6 is 22.7 Å². The van der Waals surface area contributed by atoms with E-state index in [2.05, 4.69) is 34.3 Å². The number of hydrogen-bond acceptors (Lipinski definition) is 5. The van der Waals surface area contributed by atoms with Crippen molar-refractivity contribution in [3.63, 3.8) is 0 Å². The predicted molar refractivity (Wildman–Crippen MR) is 111 cm³/mol. The van der Waals surface area contributed by atoms with Crippen LogP contribution < -0.4 is 4.74 Å². The third-order valence-electron chi connectivity index (χ3n) is 3.67. The van der Waals surface area contributed by atoms with Gasteiger partial charge in [-0.2, -0.15) is 11.3 Å². The van der Waals surface area contributed by atoms with Crippen LogP contribution in [0.15, 0.2) is 88.9 Å². The molecule has 0 saturated carbocycles. The smallest absolute Gasteiger partial charge is 0.298 e. The zero-order valence-corrected chi connectivity index (χ0v) is 15.9. The van der Waals surface area contributed by atoms with Gasteiger partial charge in [0, 0.05) is 16.0 Å². The van der Waals surface area contributed by atoms with Crippen molar-refractivity contribution in [1.82, 2.24) is 0 Å². The van der Waals surface area contributed by atoms with E-state index >= 15 is 0 Å². The van der Waals surface area contributed by atoms with Crippen molar-refractivity contribution in [3.05, 3.63) is 100 Å². The fourth-order valence-electron chi connectivity index (χ4n) is 2.40. The highest BCUT2D eigenvalue weighted by molar-refractivity contribution is 7.14. The summed E-state index contributed by atoms with van der Waals surface area (Å²) in [5.74, 6) is 0.111. The standard InChI is InChI=1S/C14H10O3.C8H6S2/c15-10-17-13-9-5-4-8-12(13)14(16)11-6-2-1-3-7-11;1-2-8(10-4-1)7-3-5-9-6-7/h1-10H;1-6H. The first-order chi connectivity index (χ1) is 13.3. The SMILES string of the molecule is O=COc1ccccc1C(=O)c1ccccc1.c1csc(-c2ccsc2)c1. The number of para-hydroxylation sites is 1. The van der Waals surface area contributed by atoms with Crippen LogP contribution in [0.25, 0.3) is 10.4 Å². The van der Waals surface area contributed by atoms with Crippen LogP contribution in [0, 0.1) is 0 Å². The Morgan fingerprint density at radius 2 is 1.63 bits per heavy atom. The molecule has 4 rings (SSSR count). The zero-order chi connectivity index (χ0) is 18.9. The normalized spacial score (nSPS) is 9.78. The number of ether oxygens (including phenoxy) is 1. The van der Waals surface area contributed by atoms with E-state index < -0.39 is 0 Å². The van der Waals surface area contributed by atoms with E-state index in [4.69, 9.17) is 4.74 Å². The molecule has 134 valence electrons. The molecule has 2 aromatic carbocycles. The van der Waals surface area contributed by atoms with Crippen molar-refractivity contribution < 1.29 is 14.3 Å². The van der Waals surface area contributed by atoms with Gasteiger partial charge in [0.05, 0.1) is 5.56 Å². The maximum atomic E-state index is 12.1. The number of thiophene rings is 2. The van der Waals surface area contributed by atoms with Gasteiger partial charge in [-0.1, -0.05) is 48.5 Å². The van der Waals surface area contributed by atoms with Gasteiger partial charge >= 0.3 is 0 Å². The fourth-order valence-corrected chi connectivity index (χ4v) is 3.86. The fraction of sp³-hybridized carbons (Fsp3) is 0. The zero-order valence-electron chi connectivity index (χ0n) is 14.3. The Hall–Kier alpha value is -3.02. The molecule has 0 N–H and O–H groups in total. The van der Waals surface area contributed by atoms with Crippen molar-refractivity contribution in [1.29, 1.82) is 0 Å². The van der Waals surface area contributed by atoms with Gasteiger partial charge in [0.15, 0.2) is 5.78 Å². The number of ketones is 1. The Morgan fingerprint density at radius 1 is 0.852 bits per heavy atom. The molecule has 0 saturated heterocycles. The molecular weight excluding hydrogens is 376 g/mol. The lowest BCUT2D eigenvalue weighted by atomic mass is 10.0. The molecule has 4 aromatic rings. The van der Waals surface area contributed by atoms with Crippen molar-refractivity contribution in [2.45, 2.75) is 0 Å². The minimum atomic E-state index is -0.164. The minimum Gasteiger partial charge on any atom is -0.428 e. The second-order valence-corrected chi connectivity index (χ2v) is 7.12. The predicted octanol–water partition coefficient (Wildman–Crippen LogP) is 5.93. The lowest BCUT2D eigenvalue weighted by Gasteiger charge is -2.05. The Labute approximate surface area is 165 Å². The summed E-state index contributed by atoms with van der Waals surface area (Å²) >= 11 is 3.53. The third kappa shape index (κ3) is 5.00. The molecule has 27 heavy (non-hydrogen) atoms. The number of carbonyl (C=O) groups is 2. The molecule has 3 nitrogen and oxygen atoms in total.